The maximum Gasteiger partial charge on any atom is 0.251 e. The van der Waals surface area contributed by atoms with Crippen LogP contribution in [0.5, 0.6) is 0 Å². The average molecular weight is 306 g/mol. The quantitative estimate of drug-likeness (QED) is 0.689. The maximum absolute atomic E-state index is 11.9. The molecule has 0 fully saturated rings. The third-order valence-corrected chi connectivity index (χ3v) is 3.42. The van der Waals surface area contributed by atoms with Gasteiger partial charge in [0.2, 0.25) is 5.91 Å². The van der Waals surface area contributed by atoms with Crippen LogP contribution in [0.4, 0.5) is 5.69 Å². The number of hydrogen-bond acceptors (Lipinski definition) is 3. The molecule has 2 N–H and O–H groups in total. The lowest BCUT2D eigenvalue weighted by Crippen LogP contribution is -2.31. The Labute approximate surface area is 132 Å². The highest BCUT2D eigenvalue weighted by Gasteiger charge is 2.08. The first kappa shape index (κ1) is 18.2. The highest BCUT2D eigenvalue weighted by Crippen LogP contribution is 2.11. The number of carbonyl (C=O) groups excluding carboxylic acids is 2. The summed E-state index contributed by atoms with van der Waals surface area (Å²) in [6, 6.07) is 7.09. The van der Waals surface area contributed by atoms with E-state index in [1.807, 2.05) is 13.8 Å². The number of carbonyl (C=O) groups is 2. The average Bonchev–Trinajstić information content (AvgIpc) is 2.52. The van der Waals surface area contributed by atoms with Crippen molar-refractivity contribution < 1.29 is 14.3 Å². The molecule has 0 heterocycles. The van der Waals surface area contributed by atoms with Gasteiger partial charge in [0, 0.05) is 37.4 Å². The van der Waals surface area contributed by atoms with Crippen molar-refractivity contribution in [2.45, 2.75) is 45.6 Å². The van der Waals surface area contributed by atoms with Gasteiger partial charge < -0.3 is 15.4 Å². The highest BCUT2D eigenvalue weighted by molar-refractivity contribution is 5.95. The Bertz CT molecular complexity index is 471. The standard InChI is InChI=1S/C17H26N2O3/c1-4-13(2)18-17(21)14-8-10-15(11-9-14)19-16(20)7-5-6-12-22-3/h8-11,13H,4-7,12H2,1-3H3,(H,18,21)(H,19,20). The van der Waals surface area contributed by atoms with Crippen LogP contribution >= 0.6 is 0 Å². The van der Waals surface area contributed by atoms with Crippen molar-refractivity contribution in [3.05, 3.63) is 29.8 Å². The summed E-state index contributed by atoms with van der Waals surface area (Å²) in [5, 5.41) is 5.73. The van der Waals surface area contributed by atoms with Gasteiger partial charge >= 0.3 is 0 Å². The van der Waals surface area contributed by atoms with Crippen LogP contribution in [0, 0.1) is 0 Å². The smallest absolute Gasteiger partial charge is 0.251 e. The van der Waals surface area contributed by atoms with Gasteiger partial charge in [-0.2, -0.15) is 0 Å². The fourth-order valence-corrected chi connectivity index (χ4v) is 1.87. The van der Waals surface area contributed by atoms with E-state index in [4.69, 9.17) is 4.74 Å². The molecule has 0 aliphatic rings. The minimum Gasteiger partial charge on any atom is -0.385 e. The van der Waals surface area contributed by atoms with Crippen LogP contribution in [0.1, 0.15) is 49.9 Å². The molecule has 0 saturated carbocycles. The Balaban J connectivity index is 2.44. The minimum atomic E-state index is -0.0909. The Morgan fingerprint density at radius 2 is 1.86 bits per heavy atom. The molecule has 0 spiro atoms. The van der Waals surface area contributed by atoms with E-state index >= 15 is 0 Å². The third-order valence-electron chi connectivity index (χ3n) is 3.42. The molecule has 0 aromatic heterocycles. The summed E-state index contributed by atoms with van der Waals surface area (Å²) in [6.45, 7) is 4.67. The van der Waals surface area contributed by atoms with Gasteiger partial charge in [0.15, 0.2) is 0 Å². The van der Waals surface area contributed by atoms with Gasteiger partial charge in [0.05, 0.1) is 0 Å². The van der Waals surface area contributed by atoms with Crippen LogP contribution in [-0.2, 0) is 9.53 Å². The van der Waals surface area contributed by atoms with Crippen LogP contribution in [0.3, 0.4) is 0 Å². The van der Waals surface area contributed by atoms with Gasteiger partial charge in [0.25, 0.3) is 5.91 Å². The molecule has 122 valence electrons. The van der Waals surface area contributed by atoms with E-state index in [0.717, 1.165) is 19.3 Å². The van der Waals surface area contributed by atoms with Crippen LogP contribution in [0.15, 0.2) is 24.3 Å². The maximum atomic E-state index is 11.9. The van der Waals surface area contributed by atoms with E-state index in [1.54, 1.807) is 31.4 Å². The van der Waals surface area contributed by atoms with E-state index in [1.165, 1.54) is 0 Å². The van der Waals surface area contributed by atoms with E-state index in [-0.39, 0.29) is 17.9 Å². The summed E-state index contributed by atoms with van der Waals surface area (Å²) in [4.78, 5) is 23.7. The lowest BCUT2D eigenvalue weighted by molar-refractivity contribution is -0.116. The normalized spacial score (nSPS) is 11.8. The number of unbranched alkanes of at least 4 members (excludes halogenated alkanes) is 1. The molecule has 1 unspecified atom stereocenters. The molecule has 0 aliphatic carbocycles. The fraction of sp³-hybridized carbons (Fsp3) is 0.529. The molecule has 2 amide bonds. The van der Waals surface area contributed by atoms with Crippen LogP contribution in [0.2, 0.25) is 0 Å². The minimum absolute atomic E-state index is 0.0205. The Morgan fingerprint density at radius 3 is 2.45 bits per heavy atom. The summed E-state index contributed by atoms with van der Waals surface area (Å²) >= 11 is 0. The number of methoxy groups -OCH3 is 1. The van der Waals surface area contributed by atoms with Crippen molar-refractivity contribution in [1.29, 1.82) is 0 Å². The first-order valence-electron chi connectivity index (χ1n) is 7.76. The van der Waals surface area contributed by atoms with Crippen LogP contribution in [0.25, 0.3) is 0 Å². The van der Waals surface area contributed by atoms with E-state index in [2.05, 4.69) is 10.6 Å². The molecule has 5 heteroatoms. The third kappa shape index (κ3) is 6.72. The molecule has 22 heavy (non-hydrogen) atoms. The lowest BCUT2D eigenvalue weighted by Gasteiger charge is -2.11. The number of nitrogens with one attached hydrogen (secondary N) is 2. The zero-order valence-corrected chi connectivity index (χ0v) is 13.6. The zero-order chi connectivity index (χ0) is 16.4. The predicted octanol–water partition coefficient (Wildman–Crippen LogP) is 2.97. The van der Waals surface area contributed by atoms with Crippen molar-refractivity contribution in [3.8, 4) is 0 Å². The van der Waals surface area contributed by atoms with E-state index in [0.29, 0.717) is 24.3 Å². The molecule has 5 nitrogen and oxygen atoms in total. The molecule has 1 aromatic carbocycles. The molecular weight excluding hydrogens is 280 g/mol. The monoisotopic (exact) mass is 306 g/mol. The van der Waals surface area contributed by atoms with Gasteiger partial charge in [-0.05, 0) is 50.5 Å². The summed E-state index contributed by atoms with van der Waals surface area (Å²) in [5.41, 5.74) is 1.30. The number of anilines is 1. The summed E-state index contributed by atoms with van der Waals surface area (Å²) < 4.78 is 4.94. The predicted molar refractivity (Wildman–Crippen MR) is 88.0 cm³/mol. The van der Waals surface area contributed by atoms with Crippen molar-refractivity contribution in [1.82, 2.24) is 5.32 Å². The summed E-state index contributed by atoms with van der Waals surface area (Å²) in [5.74, 6) is -0.111. The Morgan fingerprint density at radius 1 is 1.18 bits per heavy atom. The van der Waals surface area contributed by atoms with E-state index in [9.17, 15) is 9.59 Å². The first-order valence-corrected chi connectivity index (χ1v) is 7.76. The largest absolute Gasteiger partial charge is 0.385 e. The second-order valence-corrected chi connectivity index (χ2v) is 5.36. The molecular formula is C17H26N2O3. The molecule has 1 atom stereocenters. The Kier molecular flexibility index (Phi) is 8.22. The number of amides is 2. The molecule has 0 saturated heterocycles. The van der Waals surface area contributed by atoms with Crippen molar-refractivity contribution in [2.24, 2.45) is 0 Å². The molecule has 1 rings (SSSR count). The second kappa shape index (κ2) is 9.95. The topological polar surface area (TPSA) is 67.4 Å². The molecule has 0 radical (unpaired) electrons. The van der Waals surface area contributed by atoms with Crippen LogP contribution < -0.4 is 10.6 Å². The highest BCUT2D eigenvalue weighted by atomic mass is 16.5. The summed E-state index contributed by atoms with van der Waals surface area (Å²) in [6.07, 6.45) is 3.04. The number of ether oxygens (including phenoxy) is 1. The number of rotatable bonds is 9. The second-order valence-electron chi connectivity index (χ2n) is 5.36. The van der Waals surface area contributed by atoms with Crippen LogP contribution in [-0.4, -0.2) is 31.6 Å². The lowest BCUT2D eigenvalue weighted by atomic mass is 10.1. The van der Waals surface area contributed by atoms with Gasteiger partial charge in [0.1, 0.15) is 0 Å². The SMILES string of the molecule is CCC(C)NC(=O)c1ccc(NC(=O)CCCCOC)cc1. The van der Waals surface area contributed by atoms with Crippen molar-refractivity contribution in [3.63, 3.8) is 0 Å². The zero-order valence-electron chi connectivity index (χ0n) is 13.6. The molecule has 1 aromatic rings. The summed E-state index contributed by atoms with van der Waals surface area (Å²) in [7, 11) is 1.65. The van der Waals surface area contributed by atoms with Gasteiger partial charge in [-0.1, -0.05) is 6.92 Å². The number of benzene rings is 1. The van der Waals surface area contributed by atoms with E-state index < -0.39 is 0 Å². The van der Waals surface area contributed by atoms with Gasteiger partial charge in [-0.3, -0.25) is 9.59 Å². The van der Waals surface area contributed by atoms with Crippen molar-refractivity contribution in [2.75, 3.05) is 19.0 Å². The fourth-order valence-electron chi connectivity index (χ4n) is 1.87. The number of hydrogen-bond donors (Lipinski definition) is 2. The molecule has 0 aliphatic heterocycles. The van der Waals surface area contributed by atoms with Gasteiger partial charge in [-0.15, -0.1) is 0 Å². The molecule has 0 bridgehead atoms. The van der Waals surface area contributed by atoms with Crippen molar-refractivity contribution >= 4 is 17.5 Å². The first-order chi connectivity index (χ1) is 10.6. The van der Waals surface area contributed by atoms with Gasteiger partial charge in [-0.25, -0.2) is 0 Å². The Hall–Kier alpha value is -1.88.